The van der Waals surface area contributed by atoms with Crippen molar-refractivity contribution in [1.82, 2.24) is 15.1 Å². The summed E-state index contributed by atoms with van der Waals surface area (Å²) >= 11 is 0. The molecule has 1 saturated heterocycles. The molecular formula is C11H20N4O3. The Morgan fingerprint density at radius 1 is 1.28 bits per heavy atom. The smallest absolute Gasteiger partial charge is 0.318 e. The largest absolute Gasteiger partial charge is 0.351 e. The second-order valence-corrected chi connectivity index (χ2v) is 4.69. The van der Waals surface area contributed by atoms with Gasteiger partial charge in [-0.15, -0.1) is 0 Å². The third-order valence-electron chi connectivity index (χ3n) is 3.62. The number of amides is 4. The molecule has 0 aromatic heterocycles. The quantitative estimate of drug-likeness (QED) is 0.670. The minimum atomic E-state index is -0.881. The van der Waals surface area contributed by atoms with Crippen LogP contribution in [0, 0.1) is 0 Å². The van der Waals surface area contributed by atoms with E-state index in [1.807, 2.05) is 19.2 Å². The molecule has 7 heteroatoms. The molecule has 102 valence electrons. The second-order valence-electron chi connectivity index (χ2n) is 4.69. The van der Waals surface area contributed by atoms with Gasteiger partial charge >= 0.3 is 6.03 Å². The summed E-state index contributed by atoms with van der Waals surface area (Å²) in [7, 11) is 1.75. The Morgan fingerprint density at radius 2 is 1.83 bits per heavy atom. The summed E-state index contributed by atoms with van der Waals surface area (Å²) in [6.45, 7) is 5.60. The Labute approximate surface area is 106 Å². The molecular weight excluding hydrogens is 236 g/mol. The van der Waals surface area contributed by atoms with Gasteiger partial charge < -0.3 is 10.6 Å². The minimum absolute atomic E-state index is 0.00933. The molecule has 0 aromatic rings. The predicted octanol–water partition coefficient (Wildman–Crippen LogP) is -0.879. The van der Waals surface area contributed by atoms with Gasteiger partial charge in [0.05, 0.1) is 12.6 Å². The molecule has 0 unspecified atom stereocenters. The van der Waals surface area contributed by atoms with Crippen LogP contribution in [0.5, 0.6) is 0 Å². The van der Waals surface area contributed by atoms with E-state index in [9.17, 15) is 14.4 Å². The number of likely N-dealkylation sites (N-methyl/N-ethyl adjacent to an activating group) is 1. The molecule has 18 heavy (non-hydrogen) atoms. The van der Waals surface area contributed by atoms with Crippen molar-refractivity contribution in [1.29, 1.82) is 0 Å². The van der Waals surface area contributed by atoms with Crippen LogP contribution in [-0.2, 0) is 9.59 Å². The highest BCUT2D eigenvalue weighted by molar-refractivity contribution is 5.95. The Balaban J connectivity index is 2.77. The zero-order valence-electron chi connectivity index (χ0n) is 11.1. The van der Waals surface area contributed by atoms with E-state index in [4.69, 9.17) is 5.73 Å². The summed E-state index contributed by atoms with van der Waals surface area (Å²) < 4.78 is 0. The van der Waals surface area contributed by atoms with Crippen molar-refractivity contribution in [3.8, 4) is 0 Å². The lowest BCUT2D eigenvalue weighted by Crippen LogP contribution is -2.64. The normalized spacial score (nSPS) is 29.2. The summed E-state index contributed by atoms with van der Waals surface area (Å²) in [6.07, 6.45) is 0. The standard InChI is InChI=1S/C11H20N4O3/c1-6-7(2)15(5-9(16)13-11(12)18)8(3)10(17)14(6)4/h6-8H,5H2,1-4H3,(H3,12,13,16,18)/t6-,7+,8-/m1/s1. The van der Waals surface area contributed by atoms with Gasteiger partial charge in [-0.25, -0.2) is 4.79 Å². The van der Waals surface area contributed by atoms with E-state index < -0.39 is 11.9 Å². The highest BCUT2D eigenvalue weighted by atomic mass is 16.2. The number of primary amides is 1. The second kappa shape index (κ2) is 5.34. The van der Waals surface area contributed by atoms with Crippen molar-refractivity contribution in [3.05, 3.63) is 0 Å². The number of urea groups is 1. The van der Waals surface area contributed by atoms with Crippen molar-refractivity contribution in [2.45, 2.75) is 38.9 Å². The van der Waals surface area contributed by atoms with E-state index in [2.05, 4.69) is 0 Å². The third-order valence-corrected chi connectivity index (χ3v) is 3.62. The van der Waals surface area contributed by atoms with E-state index in [0.717, 1.165) is 0 Å². The molecule has 7 nitrogen and oxygen atoms in total. The number of carbonyl (C=O) groups excluding carboxylic acids is 3. The first kappa shape index (κ1) is 14.4. The fraction of sp³-hybridized carbons (Fsp3) is 0.727. The van der Waals surface area contributed by atoms with Gasteiger partial charge in [0.2, 0.25) is 11.8 Å². The molecule has 3 N–H and O–H groups in total. The van der Waals surface area contributed by atoms with Gasteiger partial charge in [0.1, 0.15) is 0 Å². The van der Waals surface area contributed by atoms with Crippen LogP contribution in [0.15, 0.2) is 0 Å². The molecule has 0 spiro atoms. The van der Waals surface area contributed by atoms with E-state index in [1.54, 1.807) is 23.8 Å². The summed E-state index contributed by atoms with van der Waals surface area (Å²) in [5, 5.41) is 2.01. The highest BCUT2D eigenvalue weighted by Gasteiger charge is 2.39. The number of nitrogens with two attached hydrogens (primary N) is 1. The van der Waals surface area contributed by atoms with Gasteiger partial charge in [-0.2, -0.15) is 0 Å². The Bertz CT molecular complexity index is 371. The van der Waals surface area contributed by atoms with Crippen LogP contribution in [0.1, 0.15) is 20.8 Å². The Hall–Kier alpha value is -1.63. The topological polar surface area (TPSA) is 95.7 Å². The SMILES string of the molecule is C[C@@H]1[C@H](C)N(CC(=O)NC(N)=O)[C@H](C)C(=O)N1C. The van der Waals surface area contributed by atoms with Crippen LogP contribution in [0.25, 0.3) is 0 Å². The molecule has 1 rings (SSSR count). The van der Waals surface area contributed by atoms with Crippen LogP contribution in [-0.4, -0.2) is 59.4 Å². The van der Waals surface area contributed by atoms with E-state index in [0.29, 0.717) is 0 Å². The number of piperazine rings is 1. The number of hydrogen-bond acceptors (Lipinski definition) is 4. The van der Waals surface area contributed by atoms with Crippen LogP contribution in [0.4, 0.5) is 4.79 Å². The van der Waals surface area contributed by atoms with Gasteiger partial charge in [0.15, 0.2) is 0 Å². The zero-order chi connectivity index (χ0) is 14.0. The Kier molecular flexibility index (Phi) is 4.28. The maximum absolute atomic E-state index is 12.0. The number of imide groups is 1. The van der Waals surface area contributed by atoms with Crippen LogP contribution >= 0.6 is 0 Å². The summed E-state index contributed by atoms with van der Waals surface area (Å²) in [5.41, 5.74) is 4.88. The number of hydrogen-bond donors (Lipinski definition) is 2. The van der Waals surface area contributed by atoms with E-state index in [1.165, 1.54) is 0 Å². The molecule has 1 heterocycles. The van der Waals surface area contributed by atoms with Gasteiger partial charge in [0, 0.05) is 19.1 Å². The number of nitrogens with zero attached hydrogens (tertiary/aromatic N) is 2. The minimum Gasteiger partial charge on any atom is -0.351 e. The molecule has 1 fully saturated rings. The molecule has 4 amide bonds. The molecule has 1 aliphatic rings. The van der Waals surface area contributed by atoms with E-state index >= 15 is 0 Å². The maximum atomic E-state index is 12.0. The van der Waals surface area contributed by atoms with Crippen molar-refractivity contribution in [2.75, 3.05) is 13.6 Å². The zero-order valence-corrected chi connectivity index (χ0v) is 11.1. The van der Waals surface area contributed by atoms with Gasteiger partial charge in [-0.05, 0) is 20.8 Å². The van der Waals surface area contributed by atoms with Gasteiger partial charge in [-0.3, -0.25) is 19.8 Å². The molecule has 1 aliphatic heterocycles. The van der Waals surface area contributed by atoms with Crippen molar-refractivity contribution >= 4 is 17.8 Å². The van der Waals surface area contributed by atoms with Crippen LogP contribution in [0.3, 0.4) is 0 Å². The maximum Gasteiger partial charge on any atom is 0.318 e. The van der Waals surface area contributed by atoms with Crippen molar-refractivity contribution < 1.29 is 14.4 Å². The number of rotatable bonds is 2. The van der Waals surface area contributed by atoms with Crippen LogP contribution < -0.4 is 11.1 Å². The van der Waals surface area contributed by atoms with E-state index in [-0.39, 0.29) is 30.6 Å². The first-order valence-electron chi connectivity index (χ1n) is 5.87. The Morgan fingerprint density at radius 3 is 2.33 bits per heavy atom. The van der Waals surface area contributed by atoms with Gasteiger partial charge in [0.25, 0.3) is 0 Å². The molecule has 3 atom stereocenters. The molecule has 0 aliphatic carbocycles. The first-order chi connectivity index (χ1) is 8.25. The lowest BCUT2D eigenvalue weighted by Gasteiger charge is -2.46. The average molecular weight is 256 g/mol. The molecule has 0 radical (unpaired) electrons. The number of nitrogens with one attached hydrogen (secondary N) is 1. The highest BCUT2D eigenvalue weighted by Crippen LogP contribution is 2.20. The number of carbonyl (C=O) groups is 3. The average Bonchev–Trinajstić information content (AvgIpc) is 2.29. The molecule has 0 bridgehead atoms. The molecule has 0 saturated carbocycles. The summed E-state index contributed by atoms with van der Waals surface area (Å²) in [4.78, 5) is 37.5. The lowest BCUT2D eigenvalue weighted by molar-refractivity contribution is -0.147. The van der Waals surface area contributed by atoms with Crippen molar-refractivity contribution in [2.24, 2.45) is 5.73 Å². The lowest BCUT2D eigenvalue weighted by atomic mass is 10.0. The summed E-state index contributed by atoms with van der Waals surface area (Å²) in [6, 6.07) is -1.23. The fourth-order valence-corrected chi connectivity index (χ4v) is 2.21. The molecule has 0 aromatic carbocycles. The third kappa shape index (κ3) is 2.79. The monoisotopic (exact) mass is 256 g/mol. The van der Waals surface area contributed by atoms with Crippen molar-refractivity contribution in [3.63, 3.8) is 0 Å². The van der Waals surface area contributed by atoms with Gasteiger partial charge in [-0.1, -0.05) is 0 Å². The predicted molar refractivity (Wildman–Crippen MR) is 65.6 cm³/mol. The summed E-state index contributed by atoms with van der Waals surface area (Å²) in [5.74, 6) is -0.529. The fourth-order valence-electron chi connectivity index (χ4n) is 2.21. The van der Waals surface area contributed by atoms with Crippen LogP contribution in [0.2, 0.25) is 0 Å². The first-order valence-corrected chi connectivity index (χ1v) is 5.87.